The van der Waals surface area contributed by atoms with Crippen LogP contribution in [0.1, 0.15) is 58.9 Å². The van der Waals surface area contributed by atoms with Crippen LogP contribution in [0.25, 0.3) is 0 Å². The number of halogens is 1. The normalized spacial score (nSPS) is 21.6. The molecule has 1 aliphatic carbocycles. The third-order valence-electron chi connectivity index (χ3n) is 5.83. The van der Waals surface area contributed by atoms with E-state index in [9.17, 15) is 18.1 Å². The van der Waals surface area contributed by atoms with Gasteiger partial charge in [-0.1, -0.05) is 38.0 Å². The van der Waals surface area contributed by atoms with Crippen LogP contribution in [0.4, 0.5) is 4.39 Å². The van der Waals surface area contributed by atoms with Gasteiger partial charge in [-0.15, -0.1) is 0 Å². The third-order valence-corrected chi connectivity index (χ3v) is 10.9. The van der Waals surface area contributed by atoms with Crippen molar-refractivity contribution in [2.24, 2.45) is 9.78 Å². The lowest BCUT2D eigenvalue weighted by atomic mass is 9.86. The Morgan fingerprint density at radius 2 is 1.83 bits per heavy atom. The molecule has 1 aromatic rings. The van der Waals surface area contributed by atoms with Crippen molar-refractivity contribution < 1.29 is 12.8 Å². The molecular formula is C22H33FN2O2S2. The summed E-state index contributed by atoms with van der Waals surface area (Å²) in [6, 6.07) is 8.82. The maximum absolute atomic E-state index is 14.8. The van der Waals surface area contributed by atoms with Crippen molar-refractivity contribution in [2.45, 2.75) is 63.5 Å². The van der Waals surface area contributed by atoms with Crippen LogP contribution in [-0.4, -0.2) is 37.5 Å². The first kappa shape index (κ1) is 24.0. The number of benzene rings is 1. The molecule has 0 aliphatic heterocycles. The molecule has 7 heteroatoms. The van der Waals surface area contributed by atoms with Crippen molar-refractivity contribution in [3.63, 3.8) is 0 Å². The maximum atomic E-state index is 14.8. The zero-order chi connectivity index (χ0) is 21.9. The molecule has 162 valence electrons. The number of hydrogen-bond donors (Lipinski definition) is 0. The predicted molar refractivity (Wildman–Crippen MR) is 119 cm³/mol. The van der Waals surface area contributed by atoms with Crippen molar-refractivity contribution >= 4 is 20.5 Å². The van der Waals surface area contributed by atoms with Crippen LogP contribution in [-0.2, 0) is 25.9 Å². The first-order chi connectivity index (χ1) is 13.4. The van der Waals surface area contributed by atoms with E-state index in [1.165, 1.54) is 13.1 Å². The standard InChI is InChI=1S/C22H33FN2O2S2/c1-20(2,3)28(26)15-21(4,18-10-6-7-11-19(18)23)16-29(27,25-5)17-22(14-24)12-8-9-13-22/h6-7,10-11H,8-9,12-13,15-17H2,1-5H3/t21-,28-,29-/m0/s1. The van der Waals surface area contributed by atoms with Crippen molar-refractivity contribution in [3.05, 3.63) is 35.6 Å². The Bertz CT molecular complexity index is 917. The van der Waals surface area contributed by atoms with E-state index in [1.54, 1.807) is 18.2 Å². The SMILES string of the molecule is CN=[S@@](=O)(CC1(C#N)CCCC1)C[C@](C)(C[S@](=O)C(C)(C)C)c1ccccc1F. The van der Waals surface area contributed by atoms with Crippen molar-refractivity contribution in [1.82, 2.24) is 0 Å². The van der Waals surface area contributed by atoms with Gasteiger partial charge in [0, 0.05) is 49.2 Å². The molecule has 4 nitrogen and oxygen atoms in total. The minimum absolute atomic E-state index is 0.0860. The summed E-state index contributed by atoms with van der Waals surface area (Å²) in [7, 11) is -2.54. The smallest absolute Gasteiger partial charge is 0.127 e. The summed E-state index contributed by atoms with van der Waals surface area (Å²) < 4.78 is 45.4. The van der Waals surface area contributed by atoms with E-state index in [2.05, 4.69) is 10.4 Å². The summed E-state index contributed by atoms with van der Waals surface area (Å²) in [5.74, 6) is 0.0698. The lowest BCUT2D eigenvalue weighted by Gasteiger charge is -2.35. The molecule has 0 spiro atoms. The van der Waals surface area contributed by atoms with Crippen LogP contribution in [0.15, 0.2) is 28.6 Å². The first-order valence-electron chi connectivity index (χ1n) is 10.0. The molecule has 1 fully saturated rings. The van der Waals surface area contributed by atoms with Gasteiger partial charge in [-0.05, 0) is 45.2 Å². The maximum Gasteiger partial charge on any atom is 0.127 e. The number of rotatable bonds is 7. The van der Waals surface area contributed by atoms with Crippen molar-refractivity contribution in [1.29, 1.82) is 5.26 Å². The molecule has 0 unspecified atom stereocenters. The molecule has 2 rings (SSSR count). The van der Waals surface area contributed by atoms with Crippen LogP contribution in [0.3, 0.4) is 0 Å². The summed E-state index contributed by atoms with van der Waals surface area (Å²) in [5, 5.41) is 9.76. The molecule has 0 amide bonds. The van der Waals surface area contributed by atoms with Gasteiger partial charge in [0.15, 0.2) is 0 Å². The largest absolute Gasteiger partial charge is 0.259 e. The fourth-order valence-electron chi connectivity index (χ4n) is 4.10. The molecule has 0 radical (unpaired) electrons. The van der Waals surface area contributed by atoms with Gasteiger partial charge < -0.3 is 0 Å². The van der Waals surface area contributed by atoms with Gasteiger partial charge in [0.1, 0.15) is 5.82 Å². The Kier molecular flexibility index (Phi) is 7.33. The van der Waals surface area contributed by atoms with Crippen LogP contribution in [0.2, 0.25) is 0 Å². The molecule has 1 aromatic carbocycles. The lowest BCUT2D eigenvalue weighted by molar-refractivity contribution is 0.460. The Hall–Kier alpha value is -1.26. The van der Waals surface area contributed by atoms with E-state index in [4.69, 9.17) is 0 Å². The summed E-state index contributed by atoms with van der Waals surface area (Å²) in [6.45, 7) is 7.48. The van der Waals surface area contributed by atoms with Gasteiger partial charge in [-0.2, -0.15) is 5.26 Å². The topological polar surface area (TPSA) is 70.3 Å². The predicted octanol–water partition coefficient (Wildman–Crippen LogP) is 4.81. The van der Waals surface area contributed by atoms with Gasteiger partial charge in [0.05, 0.1) is 17.2 Å². The highest BCUT2D eigenvalue weighted by Gasteiger charge is 2.42. The molecule has 29 heavy (non-hydrogen) atoms. The molecule has 0 heterocycles. The molecular weight excluding hydrogens is 407 g/mol. The van der Waals surface area contributed by atoms with Crippen LogP contribution >= 0.6 is 0 Å². The summed E-state index contributed by atoms with van der Waals surface area (Å²) in [6.07, 6.45) is 3.34. The average Bonchev–Trinajstić information content (AvgIpc) is 3.09. The number of hydrogen-bond acceptors (Lipinski definition) is 4. The molecule has 1 saturated carbocycles. The van der Waals surface area contributed by atoms with E-state index in [0.717, 1.165) is 25.7 Å². The second-order valence-corrected chi connectivity index (χ2v) is 14.2. The van der Waals surface area contributed by atoms with Gasteiger partial charge in [-0.3, -0.25) is 4.21 Å². The molecule has 0 aromatic heterocycles. The van der Waals surface area contributed by atoms with Crippen LogP contribution in [0, 0.1) is 22.6 Å². The zero-order valence-electron chi connectivity index (χ0n) is 18.2. The lowest BCUT2D eigenvalue weighted by Crippen LogP contribution is -2.43. The second-order valence-electron chi connectivity index (χ2n) is 9.49. The molecule has 1 aliphatic rings. The number of nitrogens with zero attached hydrogens (tertiary/aromatic N) is 2. The second kappa shape index (κ2) is 8.85. The minimum atomic E-state index is -2.79. The highest BCUT2D eigenvalue weighted by molar-refractivity contribution is 7.93. The van der Waals surface area contributed by atoms with E-state index in [1.807, 2.05) is 27.7 Å². The van der Waals surface area contributed by atoms with E-state index in [-0.39, 0.29) is 17.3 Å². The minimum Gasteiger partial charge on any atom is -0.259 e. The summed E-state index contributed by atoms with van der Waals surface area (Å²) in [4.78, 5) is 0. The highest BCUT2D eigenvalue weighted by Crippen LogP contribution is 2.41. The quantitative estimate of drug-likeness (QED) is 0.611. The van der Waals surface area contributed by atoms with E-state index >= 15 is 0 Å². The highest BCUT2D eigenvalue weighted by atomic mass is 32.2. The fraction of sp³-hybridized carbons (Fsp3) is 0.682. The Balaban J connectivity index is 2.48. The fourth-order valence-corrected chi connectivity index (χ4v) is 8.33. The van der Waals surface area contributed by atoms with Gasteiger partial charge >= 0.3 is 0 Å². The Morgan fingerprint density at radius 1 is 1.24 bits per heavy atom. The van der Waals surface area contributed by atoms with Crippen molar-refractivity contribution in [3.8, 4) is 6.07 Å². The average molecular weight is 441 g/mol. The Labute approximate surface area is 177 Å². The zero-order valence-corrected chi connectivity index (χ0v) is 19.8. The van der Waals surface area contributed by atoms with Crippen molar-refractivity contribution in [2.75, 3.05) is 24.3 Å². The summed E-state index contributed by atoms with van der Waals surface area (Å²) >= 11 is 0. The first-order valence-corrected chi connectivity index (χ1v) is 13.2. The number of nitriles is 1. The molecule has 0 saturated heterocycles. The monoisotopic (exact) mass is 440 g/mol. The Morgan fingerprint density at radius 3 is 2.31 bits per heavy atom. The van der Waals surface area contributed by atoms with Gasteiger partial charge in [0.2, 0.25) is 0 Å². The van der Waals surface area contributed by atoms with Crippen LogP contribution < -0.4 is 0 Å². The third kappa shape index (κ3) is 5.67. The molecule has 3 atom stereocenters. The molecule has 0 bridgehead atoms. The van der Waals surface area contributed by atoms with Gasteiger partial charge in [0.25, 0.3) is 0 Å². The summed E-state index contributed by atoms with van der Waals surface area (Å²) in [5.41, 5.74) is -1.14. The van der Waals surface area contributed by atoms with Crippen LogP contribution in [0.5, 0.6) is 0 Å². The van der Waals surface area contributed by atoms with E-state index < -0.39 is 41.9 Å². The van der Waals surface area contributed by atoms with Gasteiger partial charge in [-0.25, -0.2) is 13.0 Å². The molecule has 0 N–H and O–H groups in total. The van der Waals surface area contributed by atoms with E-state index in [0.29, 0.717) is 5.56 Å².